The van der Waals surface area contributed by atoms with Crippen molar-refractivity contribution < 1.29 is 0 Å². The van der Waals surface area contributed by atoms with Crippen LogP contribution in [-0.2, 0) is 5.41 Å². The molecule has 3 aromatic heterocycles. The van der Waals surface area contributed by atoms with Crippen molar-refractivity contribution in [2.75, 3.05) is 0 Å². The zero-order valence-electron chi connectivity index (χ0n) is 37.0. The Labute approximate surface area is 395 Å². The van der Waals surface area contributed by atoms with Crippen LogP contribution in [-0.4, -0.2) is 19.6 Å². The van der Waals surface area contributed by atoms with Crippen LogP contribution in [0.15, 0.2) is 255 Å². The van der Waals surface area contributed by atoms with E-state index in [1.807, 2.05) is 6.07 Å². The van der Waals surface area contributed by atoms with E-state index in [0.717, 1.165) is 78.0 Å². The van der Waals surface area contributed by atoms with Crippen molar-refractivity contribution in [1.82, 2.24) is 19.6 Å². The minimum absolute atomic E-state index is 0.523. The monoisotopic (exact) mass is 866 g/mol. The van der Waals surface area contributed by atoms with Crippen LogP contribution in [0.25, 0.3) is 95.0 Å². The van der Waals surface area contributed by atoms with Crippen LogP contribution in [0.1, 0.15) is 22.3 Å². The highest BCUT2D eigenvalue weighted by Crippen LogP contribution is 2.56. The molecule has 0 unspecified atom stereocenters. The van der Waals surface area contributed by atoms with Crippen LogP contribution >= 0.6 is 0 Å². The summed E-state index contributed by atoms with van der Waals surface area (Å²) < 4.78 is 2.14. The van der Waals surface area contributed by atoms with E-state index < -0.39 is 5.41 Å². The van der Waals surface area contributed by atoms with Gasteiger partial charge in [-0.3, -0.25) is 0 Å². The van der Waals surface area contributed by atoms with Crippen LogP contribution < -0.4 is 0 Å². The summed E-state index contributed by atoms with van der Waals surface area (Å²) in [5.74, 6) is 0.662. The normalized spacial score (nSPS) is 12.5. The summed E-state index contributed by atoms with van der Waals surface area (Å²) in [6, 6.07) is 91.0. The SMILES string of the molecule is c1ccc(-c2cc(-c3ccc4c(c3)C(c3ccccc3)(c3ccccc3)c3ccccc3-4)nc(-c3ccc(-c4cc5ccccc5c5c(-c6ccccc6)c(-c6ccccc6)nn45)cc3)n2)cc1. The Balaban J connectivity index is 0.976. The van der Waals surface area contributed by atoms with Gasteiger partial charge in [0.05, 0.1) is 28.0 Å². The number of aromatic nitrogens is 4. The van der Waals surface area contributed by atoms with Crippen LogP contribution in [0.2, 0.25) is 0 Å². The molecule has 4 heteroatoms. The summed E-state index contributed by atoms with van der Waals surface area (Å²) in [7, 11) is 0. The maximum atomic E-state index is 5.44. The molecule has 68 heavy (non-hydrogen) atoms. The average Bonchev–Trinajstić information content (AvgIpc) is 3.97. The third kappa shape index (κ3) is 6.34. The molecule has 1 aliphatic rings. The predicted molar refractivity (Wildman–Crippen MR) is 278 cm³/mol. The first-order valence-electron chi connectivity index (χ1n) is 23.2. The fourth-order valence-corrected chi connectivity index (χ4v) is 10.6. The molecular weight excluding hydrogens is 825 g/mol. The summed E-state index contributed by atoms with van der Waals surface area (Å²) in [6.07, 6.45) is 0. The van der Waals surface area contributed by atoms with Gasteiger partial charge in [-0.15, -0.1) is 0 Å². The molecule has 9 aromatic carbocycles. The van der Waals surface area contributed by atoms with E-state index in [0.29, 0.717) is 5.82 Å². The van der Waals surface area contributed by atoms with Gasteiger partial charge in [-0.05, 0) is 62.5 Å². The van der Waals surface area contributed by atoms with Crippen molar-refractivity contribution >= 4 is 16.3 Å². The summed E-state index contributed by atoms with van der Waals surface area (Å²) >= 11 is 0. The lowest BCUT2D eigenvalue weighted by Gasteiger charge is -2.34. The molecule has 0 aliphatic heterocycles. The van der Waals surface area contributed by atoms with Gasteiger partial charge in [0.15, 0.2) is 5.82 Å². The lowest BCUT2D eigenvalue weighted by molar-refractivity contribution is 0.768. The van der Waals surface area contributed by atoms with Crippen LogP contribution in [0.3, 0.4) is 0 Å². The van der Waals surface area contributed by atoms with Gasteiger partial charge in [-0.2, -0.15) is 5.10 Å². The molecule has 13 rings (SSSR count). The molecule has 3 heterocycles. The average molecular weight is 867 g/mol. The van der Waals surface area contributed by atoms with E-state index in [1.54, 1.807) is 0 Å². The van der Waals surface area contributed by atoms with E-state index >= 15 is 0 Å². The van der Waals surface area contributed by atoms with Gasteiger partial charge in [-0.1, -0.05) is 237 Å². The van der Waals surface area contributed by atoms with E-state index in [1.165, 1.54) is 33.4 Å². The first kappa shape index (κ1) is 39.4. The quantitative estimate of drug-likeness (QED) is 0.153. The Kier molecular flexibility index (Phi) is 9.36. The van der Waals surface area contributed by atoms with Crippen LogP contribution in [0.5, 0.6) is 0 Å². The van der Waals surface area contributed by atoms with Gasteiger partial charge < -0.3 is 0 Å². The number of hydrogen-bond acceptors (Lipinski definition) is 3. The fourth-order valence-electron chi connectivity index (χ4n) is 10.6. The van der Waals surface area contributed by atoms with Crippen molar-refractivity contribution in [3.63, 3.8) is 0 Å². The van der Waals surface area contributed by atoms with Crippen molar-refractivity contribution in [2.24, 2.45) is 0 Å². The first-order valence-corrected chi connectivity index (χ1v) is 23.2. The Hall–Kier alpha value is -8.99. The summed E-state index contributed by atoms with van der Waals surface area (Å²) in [6.45, 7) is 0. The minimum Gasteiger partial charge on any atom is -0.231 e. The summed E-state index contributed by atoms with van der Waals surface area (Å²) in [4.78, 5) is 10.7. The largest absolute Gasteiger partial charge is 0.231 e. The Morgan fingerprint density at radius 3 is 1.54 bits per heavy atom. The standard InChI is InChI=1S/C64H42N4/c1-6-20-43(21-7-1)57-42-58(49-38-39-54-53-32-18-19-33-55(53)64(56(54)40-49,50-27-12-4-13-28-50)51-29-14-5-15-30-51)66-63(65-57)47-36-34-44(35-37-47)59-41-48-26-16-17-31-52(48)62-60(45-22-8-2-9-23-45)61(67-68(59)62)46-24-10-3-11-25-46/h1-42H. The number of pyridine rings is 1. The molecule has 4 nitrogen and oxygen atoms in total. The van der Waals surface area contributed by atoms with Gasteiger partial charge >= 0.3 is 0 Å². The Morgan fingerprint density at radius 1 is 0.353 bits per heavy atom. The zero-order chi connectivity index (χ0) is 45.0. The number of hydrogen-bond donors (Lipinski definition) is 0. The maximum Gasteiger partial charge on any atom is 0.160 e. The van der Waals surface area contributed by atoms with Gasteiger partial charge in [0.2, 0.25) is 0 Å². The number of benzene rings is 9. The van der Waals surface area contributed by atoms with E-state index in [9.17, 15) is 0 Å². The van der Waals surface area contributed by atoms with Crippen molar-refractivity contribution in [2.45, 2.75) is 5.41 Å². The van der Waals surface area contributed by atoms with Crippen LogP contribution in [0.4, 0.5) is 0 Å². The minimum atomic E-state index is -0.523. The van der Waals surface area contributed by atoms with Crippen molar-refractivity contribution in [3.8, 4) is 78.7 Å². The van der Waals surface area contributed by atoms with E-state index in [4.69, 9.17) is 15.1 Å². The lowest BCUT2D eigenvalue weighted by Crippen LogP contribution is -2.28. The van der Waals surface area contributed by atoms with Crippen LogP contribution in [0, 0.1) is 0 Å². The highest BCUT2D eigenvalue weighted by molar-refractivity contribution is 6.08. The fraction of sp³-hybridized carbons (Fsp3) is 0.0156. The molecule has 0 radical (unpaired) electrons. The summed E-state index contributed by atoms with van der Waals surface area (Å²) in [5, 5.41) is 7.74. The van der Waals surface area contributed by atoms with E-state index in [-0.39, 0.29) is 0 Å². The number of fused-ring (bicyclic) bond motifs is 6. The molecule has 12 aromatic rings. The molecule has 0 fully saturated rings. The maximum absolute atomic E-state index is 5.44. The lowest BCUT2D eigenvalue weighted by atomic mass is 9.67. The molecule has 1 aliphatic carbocycles. The van der Waals surface area contributed by atoms with Gasteiger partial charge in [0.1, 0.15) is 5.69 Å². The molecule has 0 N–H and O–H groups in total. The molecule has 0 bridgehead atoms. The van der Waals surface area contributed by atoms with Crippen molar-refractivity contribution in [1.29, 1.82) is 0 Å². The molecule has 0 spiro atoms. The summed E-state index contributed by atoms with van der Waals surface area (Å²) in [5.41, 5.74) is 19.1. The molecule has 0 saturated heterocycles. The zero-order valence-corrected chi connectivity index (χ0v) is 37.0. The molecule has 0 amide bonds. The van der Waals surface area contributed by atoms with E-state index in [2.05, 4.69) is 253 Å². The Bertz CT molecular complexity index is 3770. The molecule has 0 saturated carbocycles. The first-order chi connectivity index (χ1) is 33.7. The second-order valence-corrected chi connectivity index (χ2v) is 17.5. The smallest absolute Gasteiger partial charge is 0.160 e. The van der Waals surface area contributed by atoms with Gasteiger partial charge in [-0.25, -0.2) is 14.5 Å². The molecular formula is C64H42N4. The van der Waals surface area contributed by atoms with Gasteiger partial charge in [0.25, 0.3) is 0 Å². The third-order valence-corrected chi connectivity index (χ3v) is 13.7. The Morgan fingerprint density at radius 2 is 0.868 bits per heavy atom. The van der Waals surface area contributed by atoms with Crippen molar-refractivity contribution in [3.05, 3.63) is 277 Å². The second kappa shape index (κ2) is 16.2. The topological polar surface area (TPSA) is 43.1 Å². The third-order valence-electron chi connectivity index (χ3n) is 13.7. The highest BCUT2D eigenvalue weighted by atomic mass is 15.2. The highest BCUT2D eigenvalue weighted by Gasteiger charge is 2.46. The molecule has 0 atom stereocenters. The second-order valence-electron chi connectivity index (χ2n) is 17.5. The van der Waals surface area contributed by atoms with Gasteiger partial charge in [0, 0.05) is 38.8 Å². The molecule has 318 valence electrons. The predicted octanol–water partition coefficient (Wildman–Crippen LogP) is 15.6. The number of rotatable bonds is 8. The number of nitrogens with zero attached hydrogens (tertiary/aromatic N) is 4.